The van der Waals surface area contributed by atoms with E-state index in [0.29, 0.717) is 16.6 Å². The van der Waals surface area contributed by atoms with Gasteiger partial charge in [-0.2, -0.15) is 0 Å². The van der Waals surface area contributed by atoms with Crippen molar-refractivity contribution in [2.75, 3.05) is 17.6 Å². The van der Waals surface area contributed by atoms with Gasteiger partial charge in [0, 0.05) is 12.3 Å². The van der Waals surface area contributed by atoms with E-state index in [1.165, 1.54) is 18.2 Å². The Morgan fingerprint density at radius 2 is 2.38 bits per heavy atom. The molecule has 1 N–H and O–H groups in total. The van der Waals surface area contributed by atoms with Gasteiger partial charge in [0.1, 0.15) is 5.82 Å². The van der Waals surface area contributed by atoms with E-state index in [9.17, 15) is 4.39 Å². The molecule has 1 aliphatic rings. The molecule has 0 bridgehead atoms. The van der Waals surface area contributed by atoms with Gasteiger partial charge < -0.3 is 5.32 Å². The van der Waals surface area contributed by atoms with Gasteiger partial charge in [-0.1, -0.05) is 30.3 Å². The van der Waals surface area contributed by atoms with E-state index in [0.717, 1.165) is 17.5 Å². The number of nitrogens with zero attached hydrogens (tertiary/aromatic N) is 1. The maximum atomic E-state index is 13.0. The largest absolute Gasteiger partial charge is 0.334 e. The lowest BCUT2D eigenvalue weighted by molar-refractivity contribution is 0.628. The molecule has 1 heterocycles. The molecule has 1 aliphatic heterocycles. The normalized spacial score (nSPS) is 20.4. The summed E-state index contributed by atoms with van der Waals surface area (Å²) in [6, 6.07) is 4.25. The minimum atomic E-state index is -0.304. The lowest BCUT2D eigenvalue weighted by Crippen LogP contribution is -2.18. The lowest BCUT2D eigenvalue weighted by atomic mass is 10.2. The molecule has 0 amide bonds. The van der Waals surface area contributed by atoms with Crippen LogP contribution in [0.3, 0.4) is 0 Å². The van der Waals surface area contributed by atoms with Gasteiger partial charge in [0.2, 0.25) is 0 Å². The summed E-state index contributed by atoms with van der Waals surface area (Å²) < 4.78 is 13.0. The molecule has 0 aliphatic carbocycles. The summed E-state index contributed by atoms with van der Waals surface area (Å²) in [4.78, 5) is 4.36. The monoisotopic (exact) mass is 258 g/mol. The Labute approximate surface area is 103 Å². The van der Waals surface area contributed by atoms with E-state index in [4.69, 9.17) is 11.6 Å². The maximum Gasteiger partial charge on any atom is 0.161 e. The van der Waals surface area contributed by atoms with Crippen molar-refractivity contribution in [3.8, 4) is 0 Å². The van der Waals surface area contributed by atoms with Crippen LogP contribution in [0.25, 0.3) is 0 Å². The first-order valence-electron chi connectivity index (χ1n) is 5.04. The van der Waals surface area contributed by atoms with Crippen LogP contribution in [-0.4, -0.2) is 17.5 Å². The zero-order valence-corrected chi connectivity index (χ0v) is 10.4. The van der Waals surface area contributed by atoms with Crippen molar-refractivity contribution in [2.45, 2.75) is 6.92 Å². The standard InChI is InChI=1S/C11H12ClFN2S/c1-7-5-14-11(16-6-7)15-10-4-8(13)2-3-9(10)12/h2-4,7H,5-6H2,1H3,(H,14,15). The number of benzene rings is 1. The van der Waals surface area contributed by atoms with Crippen LogP contribution < -0.4 is 5.32 Å². The summed E-state index contributed by atoms with van der Waals surface area (Å²) in [5.74, 6) is 1.32. The minimum absolute atomic E-state index is 0.304. The van der Waals surface area contributed by atoms with Crippen LogP contribution in [0.1, 0.15) is 6.92 Å². The van der Waals surface area contributed by atoms with Crippen LogP contribution >= 0.6 is 23.4 Å². The Bertz CT molecular complexity index is 422. The predicted molar refractivity (Wildman–Crippen MR) is 69.0 cm³/mol. The van der Waals surface area contributed by atoms with E-state index in [1.54, 1.807) is 11.8 Å². The molecular weight excluding hydrogens is 247 g/mol. The van der Waals surface area contributed by atoms with Crippen molar-refractivity contribution in [3.05, 3.63) is 29.0 Å². The molecule has 0 radical (unpaired) electrons. The number of hydrogen-bond acceptors (Lipinski definition) is 3. The molecule has 2 nitrogen and oxygen atoms in total. The highest BCUT2D eigenvalue weighted by molar-refractivity contribution is 8.14. The van der Waals surface area contributed by atoms with E-state index >= 15 is 0 Å². The summed E-state index contributed by atoms with van der Waals surface area (Å²) in [6.07, 6.45) is 0. The van der Waals surface area contributed by atoms with E-state index in [1.807, 2.05) is 0 Å². The fraction of sp³-hybridized carbons (Fsp3) is 0.364. The van der Waals surface area contributed by atoms with Crippen LogP contribution in [0.5, 0.6) is 0 Å². The summed E-state index contributed by atoms with van der Waals surface area (Å²) in [7, 11) is 0. The summed E-state index contributed by atoms with van der Waals surface area (Å²) in [5.41, 5.74) is 0.572. The van der Waals surface area contributed by atoms with Crippen molar-refractivity contribution in [1.82, 2.24) is 0 Å². The van der Waals surface area contributed by atoms with Gasteiger partial charge in [0.05, 0.1) is 10.7 Å². The number of anilines is 1. The number of amidine groups is 1. The average molecular weight is 259 g/mol. The molecule has 1 aromatic rings. The Hall–Kier alpha value is -0.740. The third-order valence-electron chi connectivity index (χ3n) is 2.22. The number of thioether (sulfide) groups is 1. The first kappa shape index (κ1) is 11.7. The second-order valence-electron chi connectivity index (χ2n) is 3.81. The third kappa shape index (κ3) is 2.89. The highest BCUT2D eigenvalue weighted by Crippen LogP contribution is 2.25. The van der Waals surface area contributed by atoms with Crippen LogP contribution in [0.4, 0.5) is 10.1 Å². The molecule has 5 heteroatoms. The Balaban J connectivity index is 2.12. The second-order valence-corrected chi connectivity index (χ2v) is 5.23. The van der Waals surface area contributed by atoms with Crippen molar-refractivity contribution < 1.29 is 4.39 Å². The SMILES string of the molecule is CC1CN=C(Nc2cc(F)ccc2Cl)SC1. The highest BCUT2D eigenvalue weighted by Gasteiger charge is 2.13. The minimum Gasteiger partial charge on any atom is -0.334 e. The molecule has 86 valence electrons. The van der Waals surface area contributed by atoms with Crippen LogP contribution in [0.15, 0.2) is 23.2 Å². The van der Waals surface area contributed by atoms with Crippen molar-refractivity contribution in [2.24, 2.45) is 10.9 Å². The Kier molecular flexibility index (Phi) is 3.71. The van der Waals surface area contributed by atoms with Gasteiger partial charge in [-0.05, 0) is 24.1 Å². The number of hydrogen-bond donors (Lipinski definition) is 1. The molecule has 0 saturated heterocycles. The fourth-order valence-electron chi connectivity index (χ4n) is 1.34. The van der Waals surface area contributed by atoms with E-state index in [-0.39, 0.29) is 5.82 Å². The van der Waals surface area contributed by atoms with Gasteiger partial charge in [-0.3, -0.25) is 4.99 Å². The Morgan fingerprint density at radius 3 is 3.06 bits per heavy atom. The number of aliphatic imine (C=N–C) groups is 1. The molecule has 16 heavy (non-hydrogen) atoms. The molecule has 1 aromatic carbocycles. The zero-order chi connectivity index (χ0) is 11.5. The lowest BCUT2D eigenvalue weighted by Gasteiger charge is -2.18. The van der Waals surface area contributed by atoms with Gasteiger partial charge in [-0.25, -0.2) is 4.39 Å². The highest BCUT2D eigenvalue weighted by atomic mass is 35.5. The van der Waals surface area contributed by atoms with Crippen molar-refractivity contribution in [1.29, 1.82) is 0 Å². The third-order valence-corrected chi connectivity index (χ3v) is 3.79. The quantitative estimate of drug-likeness (QED) is 0.832. The van der Waals surface area contributed by atoms with Crippen molar-refractivity contribution in [3.63, 3.8) is 0 Å². The van der Waals surface area contributed by atoms with Crippen LogP contribution in [0, 0.1) is 11.7 Å². The summed E-state index contributed by atoms with van der Waals surface area (Å²) in [5, 5.41) is 4.37. The Morgan fingerprint density at radius 1 is 1.56 bits per heavy atom. The van der Waals surface area contributed by atoms with Crippen molar-refractivity contribution >= 4 is 34.2 Å². The first-order chi connectivity index (χ1) is 7.65. The molecular formula is C11H12ClFN2S. The number of nitrogens with one attached hydrogen (secondary N) is 1. The smallest absolute Gasteiger partial charge is 0.161 e. The van der Waals surface area contributed by atoms with E-state index < -0.39 is 0 Å². The number of rotatable bonds is 1. The molecule has 2 rings (SSSR count). The first-order valence-corrected chi connectivity index (χ1v) is 6.41. The summed E-state index contributed by atoms with van der Waals surface area (Å²) >= 11 is 7.59. The molecule has 0 saturated carbocycles. The zero-order valence-electron chi connectivity index (χ0n) is 8.84. The molecule has 0 fully saturated rings. The van der Waals surface area contributed by atoms with Gasteiger partial charge in [0.25, 0.3) is 0 Å². The van der Waals surface area contributed by atoms with Gasteiger partial charge >= 0.3 is 0 Å². The molecule has 0 aromatic heterocycles. The van der Waals surface area contributed by atoms with Crippen LogP contribution in [-0.2, 0) is 0 Å². The second kappa shape index (κ2) is 5.06. The number of halogens is 2. The maximum absolute atomic E-state index is 13.0. The average Bonchev–Trinajstić information content (AvgIpc) is 2.27. The molecule has 1 atom stereocenters. The fourth-order valence-corrected chi connectivity index (χ4v) is 2.40. The van der Waals surface area contributed by atoms with Gasteiger partial charge in [-0.15, -0.1) is 0 Å². The van der Waals surface area contributed by atoms with Crippen LogP contribution in [0.2, 0.25) is 5.02 Å². The summed E-state index contributed by atoms with van der Waals surface area (Å²) in [6.45, 7) is 2.96. The van der Waals surface area contributed by atoms with Gasteiger partial charge in [0.15, 0.2) is 5.17 Å². The molecule has 1 unspecified atom stereocenters. The van der Waals surface area contributed by atoms with E-state index in [2.05, 4.69) is 17.2 Å². The predicted octanol–water partition coefficient (Wildman–Crippen LogP) is 3.63. The molecule has 0 spiro atoms. The topological polar surface area (TPSA) is 24.4 Å².